The molecule has 0 spiro atoms. The summed E-state index contributed by atoms with van der Waals surface area (Å²) in [5.74, 6) is -0.208. The van der Waals surface area contributed by atoms with E-state index in [1.54, 1.807) is 43.3 Å². The molecule has 34 heavy (non-hydrogen) atoms. The molecule has 0 aliphatic carbocycles. The minimum atomic E-state index is -0.536. The molecule has 0 aliphatic heterocycles. The third-order valence-corrected chi connectivity index (χ3v) is 4.57. The van der Waals surface area contributed by atoms with Crippen molar-refractivity contribution in [2.24, 2.45) is 5.10 Å². The van der Waals surface area contributed by atoms with Crippen molar-refractivity contribution in [2.75, 3.05) is 19.0 Å². The Morgan fingerprint density at radius 2 is 1.88 bits per heavy atom. The second-order valence-electron chi connectivity index (χ2n) is 6.94. The number of rotatable bonds is 9. The van der Waals surface area contributed by atoms with E-state index in [4.69, 9.17) is 9.47 Å². The zero-order chi connectivity index (χ0) is 24.5. The number of pyridine rings is 1. The molecule has 0 fully saturated rings. The normalized spacial score (nSPS) is 10.5. The number of methoxy groups -OCH3 is 1. The van der Waals surface area contributed by atoms with Crippen LogP contribution in [0.2, 0.25) is 0 Å². The monoisotopic (exact) mass is 463 g/mol. The first kappa shape index (κ1) is 23.9. The second-order valence-corrected chi connectivity index (χ2v) is 6.94. The number of aryl methyl sites for hydroxylation is 1. The van der Waals surface area contributed by atoms with Crippen LogP contribution in [0.25, 0.3) is 0 Å². The van der Waals surface area contributed by atoms with Gasteiger partial charge in [0.15, 0.2) is 18.1 Å². The molecule has 3 rings (SSSR count). The highest BCUT2D eigenvalue weighted by molar-refractivity contribution is 5.95. The Morgan fingerprint density at radius 1 is 1.12 bits per heavy atom. The van der Waals surface area contributed by atoms with Crippen molar-refractivity contribution in [1.29, 1.82) is 0 Å². The fraction of sp³-hybridized carbons (Fsp3) is 0.130. The van der Waals surface area contributed by atoms with E-state index >= 15 is 0 Å². The van der Waals surface area contributed by atoms with Crippen LogP contribution in [0, 0.1) is 17.0 Å². The van der Waals surface area contributed by atoms with Gasteiger partial charge < -0.3 is 14.8 Å². The molecule has 174 valence electrons. The van der Waals surface area contributed by atoms with Crippen molar-refractivity contribution in [2.45, 2.75) is 6.92 Å². The average Bonchev–Trinajstić information content (AvgIpc) is 2.84. The summed E-state index contributed by atoms with van der Waals surface area (Å²) in [6.45, 7) is 1.39. The quantitative estimate of drug-likeness (QED) is 0.282. The molecule has 0 aliphatic rings. The lowest BCUT2D eigenvalue weighted by atomic mass is 10.2. The Morgan fingerprint density at radius 3 is 2.59 bits per heavy atom. The average molecular weight is 463 g/mol. The molecule has 11 heteroatoms. The summed E-state index contributed by atoms with van der Waals surface area (Å²) >= 11 is 0. The minimum Gasteiger partial charge on any atom is -0.493 e. The maximum absolute atomic E-state index is 12.3. The van der Waals surface area contributed by atoms with E-state index in [-0.39, 0.29) is 18.2 Å². The number of carbonyl (C=O) groups excluding carboxylic acids is 2. The van der Waals surface area contributed by atoms with Gasteiger partial charge in [-0.25, -0.2) is 5.43 Å². The summed E-state index contributed by atoms with van der Waals surface area (Å²) in [6.07, 6.45) is 4.45. The van der Waals surface area contributed by atoms with Crippen LogP contribution in [0.5, 0.6) is 11.5 Å². The summed E-state index contributed by atoms with van der Waals surface area (Å²) in [5, 5.41) is 17.5. The Kier molecular flexibility index (Phi) is 7.84. The topological polar surface area (TPSA) is 145 Å². The predicted octanol–water partition coefficient (Wildman–Crippen LogP) is 3.09. The first-order valence-corrected chi connectivity index (χ1v) is 9.96. The number of hydrazone groups is 1. The highest BCUT2D eigenvalue weighted by atomic mass is 16.6. The Hall–Kier alpha value is -4.80. The first-order chi connectivity index (χ1) is 16.4. The van der Waals surface area contributed by atoms with E-state index in [0.717, 1.165) is 0 Å². The van der Waals surface area contributed by atoms with Gasteiger partial charge in [0.05, 0.1) is 23.9 Å². The molecule has 0 bridgehead atoms. The smallest absolute Gasteiger partial charge is 0.271 e. The number of anilines is 1. The van der Waals surface area contributed by atoms with Gasteiger partial charge in [-0.15, -0.1) is 0 Å². The fourth-order valence-electron chi connectivity index (χ4n) is 2.80. The lowest BCUT2D eigenvalue weighted by molar-refractivity contribution is -0.384. The number of aromatic nitrogens is 1. The number of non-ortho nitro benzene ring substituents is 1. The van der Waals surface area contributed by atoms with E-state index in [0.29, 0.717) is 33.9 Å². The molecule has 2 aromatic carbocycles. The zero-order valence-corrected chi connectivity index (χ0v) is 18.3. The van der Waals surface area contributed by atoms with E-state index in [1.165, 1.54) is 37.9 Å². The lowest BCUT2D eigenvalue weighted by Gasteiger charge is -2.12. The van der Waals surface area contributed by atoms with Gasteiger partial charge in [0.1, 0.15) is 0 Å². The van der Waals surface area contributed by atoms with Gasteiger partial charge in [0, 0.05) is 30.1 Å². The Labute approximate surface area is 194 Å². The minimum absolute atomic E-state index is 0.127. The molecule has 0 unspecified atom stereocenters. The summed E-state index contributed by atoms with van der Waals surface area (Å²) in [6, 6.07) is 12.2. The molecule has 0 saturated heterocycles. The molecule has 1 heterocycles. The van der Waals surface area contributed by atoms with Crippen LogP contribution in [-0.4, -0.2) is 41.7 Å². The van der Waals surface area contributed by atoms with E-state index in [1.807, 2.05) is 0 Å². The third-order valence-electron chi connectivity index (χ3n) is 4.57. The molecular weight excluding hydrogens is 442 g/mol. The van der Waals surface area contributed by atoms with Gasteiger partial charge in [-0.05, 0) is 48.4 Å². The van der Waals surface area contributed by atoms with Gasteiger partial charge in [0.2, 0.25) is 0 Å². The molecule has 0 saturated carbocycles. The number of carbonyl (C=O) groups is 2. The van der Waals surface area contributed by atoms with E-state index in [2.05, 4.69) is 20.8 Å². The van der Waals surface area contributed by atoms with Crippen molar-refractivity contribution >= 4 is 29.4 Å². The Bertz CT molecular complexity index is 1230. The first-order valence-electron chi connectivity index (χ1n) is 9.96. The standard InChI is InChI=1S/C23H21N5O6/c1-15-3-5-18(28(31)32)12-19(15)26-22(29)14-34-20-6-4-16(11-21(20)33-2)13-25-27-23(30)17-7-9-24-10-8-17/h3-13H,14H2,1-2H3,(H,26,29)(H,27,30)/b25-13+. The van der Waals surface area contributed by atoms with Crippen LogP contribution < -0.4 is 20.2 Å². The number of nitrogens with one attached hydrogen (secondary N) is 2. The predicted molar refractivity (Wildman–Crippen MR) is 124 cm³/mol. The molecule has 2 N–H and O–H groups in total. The number of nitrogens with zero attached hydrogens (tertiary/aromatic N) is 3. The largest absolute Gasteiger partial charge is 0.493 e. The summed E-state index contributed by atoms with van der Waals surface area (Å²) in [5.41, 5.74) is 4.34. The highest BCUT2D eigenvalue weighted by Gasteiger charge is 2.13. The highest BCUT2D eigenvalue weighted by Crippen LogP contribution is 2.28. The number of hydrogen-bond acceptors (Lipinski definition) is 8. The maximum Gasteiger partial charge on any atom is 0.271 e. The number of amides is 2. The van der Waals surface area contributed by atoms with Crippen LogP contribution in [-0.2, 0) is 4.79 Å². The number of nitro benzene ring substituents is 1. The van der Waals surface area contributed by atoms with Crippen LogP contribution in [0.1, 0.15) is 21.5 Å². The number of nitro groups is 1. The van der Waals surface area contributed by atoms with Crippen LogP contribution >= 0.6 is 0 Å². The van der Waals surface area contributed by atoms with Crippen molar-refractivity contribution < 1.29 is 24.0 Å². The maximum atomic E-state index is 12.3. The van der Waals surface area contributed by atoms with Crippen LogP contribution in [0.15, 0.2) is 66.0 Å². The summed E-state index contributed by atoms with van der Waals surface area (Å²) < 4.78 is 10.9. The fourth-order valence-corrected chi connectivity index (χ4v) is 2.80. The molecule has 0 atom stereocenters. The van der Waals surface area contributed by atoms with Crippen molar-refractivity contribution in [3.63, 3.8) is 0 Å². The number of ether oxygens (including phenoxy) is 2. The molecule has 11 nitrogen and oxygen atoms in total. The van der Waals surface area contributed by atoms with Crippen LogP contribution in [0.4, 0.5) is 11.4 Å². The third kappa shape index (κ3) is 6.36. The van der Waals surface area contributed by atoms with Crippen molar-refractivity contribution in [1.82, 2.24) is 10.4 Å². The molecule has 3 aromatic rings. The lowest BCUT2D eigenvalue weighted by Crippen LogP contribution is -2.21. The number of hydrogen-bond donors (Lipinski definition) is 2. The van der Waals surface area contributed by atoms with Crippen molar-refractivity contribution in [3.8, 4) is 11.5 Å². The summed E-state index contributed by atoms with van der Waals surface area (Å²) in [4.78, 5) is 38.6. The van der Waals surface area contributed by atoms with Crippen LogP contribution in [0.3, 0.4) is 0 Å². The molecule has 1 aromatic heterocycles. The van der Waals surface area contributed by atoms with Gasteiger partial charge >= 0.3 is 0 Å². The molecule has 2 amide bonds. The van der Waals surface area contributed by atoms with Gasteiger partial charge in [-0.1, -0.05) is 6.07 Å². The van der Waals surface area contributed by atoms with Gasteiger partial charge in [-0.3, -0.25) is 24.7 Å². The van der Waals surface area contributed by atoms with E-state index in [9.17, 15) is 19.7 Å². The Balaban J connectivity index is 1.59. The van der Waals surface area contributed by atoms with Crippen molar-refractivity contribution in [3.05, 3.63) is 87.7 Å². The number of benzene rings is 2. The second kappa shape index (κ2) is 11.2. The summed E-state index contributed by atoms with van der Waals surface area (Å²) in [7, 11) is 1.45. The SMILES string of the molecule is COc1cc(/C=N/NC(=O)c2ccncc2)ccc1OCC(=O)Nc1cc([N+](=O)[O-])ccc1C. The molecule has 0 radical (unpaired) electrons. The van der Waals surface area contributed by atoms with Gasteiger partial charge in [0.25, 0.3) is 17.5 Å². The zero-order valence-electron chi connectivity index (χ0n) is 18.3. The van der Waals surface area contributed by atoms with Gasteiger partial charge in [-0.2, -0.15) is 5.10 Å². The molecular formula is C23H21N5O6. The van der Waals surface area contributed by atoms with E-state index < -0.39 is 10.8 Å².